The summed E-state index contributed by atoms with van der Waals surface area (Å²) in [4.78, 5) is 10.9. The van der Waals surface area contributed by atoms with Gasteiger partial charge in [0.1, 0.15) is 5.78 Å². The van der Waals surface area contributed by atoms with E-state index in [4.69, 9.17) is 5.11 Å². The van der Waals surface area contributed by atoms with Crippen LogP contribution in [0.2, 0.25) is 0 Å². The number of ketones is 1. The Labute approximate surface area is 62.2 Å². The molecule has 10 heavy (non-hydrogen) atoms. The van der Waals surface area contributed by atoms with E-state index >= 15 is 0 Å². The lowest BCUT2D eigenvalue weighted by Crippen LogP contribution is -2.25. The topological polar surface area (TPSA) is 37.3 Å². The number of Topliss-reactive ketones (excluding diaryl/α,β-unsaturated/α-hetero) is 1. The standard InChI is InChI=1S/C8H16O2/c1-6(9)5-8(3,4)7(2)10/h6,9H,5H2,1-4H3. The van der Waals surface area contributed by atoms with E-state index in [1.54, 1.807) is 13.8 Å². The Bertz CT molecular complexity index is 125. The zero-order chi connectivity index (χ0) is 8.36. The van der Waals surface area contributed by atoms with Crippen LogP contribution in [0.4, 0.5) is 0 Å². The SMILES string of the molecule is CC(=O)C(C)(C)CC(C)O. The first-order valence-corrected chi connectivity index (χ1v) is 3.55. The van der Waals surface area contributed by atoms with Crippen molar-refractivity contribution in [3.63, 3.8) is 0 Å². The molecule has 0 aliphatic carbocycles. The second kappa shape index (κ2) is 3.15. The fourth-order valence-electron chi connectivity index (χ4n) is 0.882. The molecule has 0 aliphatic heterocycles. The van der Waals surface area contributed by atoms with Crippen LogP contribution in [0.5, 0.6) is 0 Å². The van der Waals surface area contributed by atoms with Crippen LogP contribution in [0.25, 0.3) is 0 Å². The Morgan fingerprint density at radius 3 is 2.10 bits per heavy atom. The quantitative estimate of drug-likeness (QED) is 0.649. The highest BCUT2D eigenvalue weighted by Crippen LogP contribution is 2.22. The van der Waals surface area contributed by atoms with Crippen molar-refractivity contribution in [1.82, 2.24) is 0 Å². The van der Waals surface area contributed by atoms with Crippen molar-refractivity contribution < 1.29 is 9.90 Å². The Hall–Kier alpha value is -0.370. The molecule has 0 saturated carbocycles. The van der Waals surface area contributed by atoms with E-state index in [1.165, 1.54) is 0 Å². The van der Waals surface area contributed by atoms with Crippen molar-refractivity contribution in [2.75, 3.05) is 0 Å². The van der Waals surface area contributed by atoms with Crippen molar-refractivity contribution in [3.8, 4) is 0 Å². The van der Waals surface area contributed by atoms with Gasteiger partial charge in [0.15, 0.2) is 0 Å². The maximum atomic E-state index is 10.9. The number of carbonyl (C=O) groups excluding carboxylic acids is 1. The summed E-state index contributed by atoms with van der Waals surface area (Å²) in [5.41, 5.74) is -0.367. The summed E-state index contributed by atoms with van der Waals surface area (Å²) in [6.45, 7) is 6.96. The molecule has 60 valence electrons. The predicted molar refractivity (Wildman–Crippen MR) is 40.8 cm³/mol. The molecule has 0 amide bonds. The molecule has 0 fully saturated rings. The molecule has 0 rings (SSSR count). The van der Waals surface area contributed by atoms with Crippen LogP contribution in [0.1, 0.15) is 34.1 Å². The molecule has 0 radical (unpaired) electrons. The average molecular weight is 144 g/mol. The van der Waals surface area contributed by atoms with E-state index in [1.807, 2.05) is 13.8 Å². The summed E-state index contributed by atoms with van der Waals surface area (Å²) in [5, 5.41) is 8.98. The largest absolute Gasteiger partial charge is 0.393 e. The summed E-state index contributed by atoms with van der Waals surface area (Å²) in [6, 6.07) is 0. The fourth-order valence-corrected chi connectivity index (χ4v) is 0.882. The molecule has 0 aliphatic rings. The van der Waals surface area contributed by atoms with Crippen LogP contribution in [-0.4, -0.2) is 17.0 Å². The molecule has 0 bridgehead atoms. The fraction of sp³-hybridized carbons (Fsp3) is 0.875. The van der Waals surface area contributed by atoms with Gasteiger partial charge in [-0.05, 0) is 20.3 Å². The van der Waals surface area contributed by atoms with Crippen molar-refractivity contribution in [2.45, 2.75) is 40.2 Å². The first kappa shape index (κ1) is 9.63. The van der Waals surface area contributed by atoms with Gasteiger partial charge in [-0.25, -0.2) is 0 Å². The second-order valence-electron chi connectivity index (χ2n) is 3.49. The Kier molecular flexibility index (Phi) is 3.03. The summed E-state index contributed by atoms with van der Waals surface area (Å²) >= 11 is 0. The highest BCUT2D eigenvalue weighted by atomic mass is 16.3. The van der Waals surface area contributed by atoms with Gasteiger partial charge in [0.2, 0.25) is 0 Å². The molecule has 0 aromatic heterocycles. The molecular weight excluding hydrogens is 128 g/mol. The summed E-state index contributed by atoms with van der Waals surface area (Å²) in [6.07, 6.45) is 0.154. The lowest BCUT2D eigenvalue weighted by Gasteiger charge is -2.22. The molecule has 0 aromatic rings. The van der Waals surface area contributed by atoms with Crippen LogP contribution < -0.4 is 0 Å². The minimum Gasteiger partial charge on any atom is -0.393 e. The van der Waals surface area contributed by atoms with E-state index in [0.29, 0.717) is 6.42 Å². The number of carbonyl (C=O) groups is 1. The van der Waals surface area contributed by atoms with Gasteiger partial charge in [-0.1, -0.05) is 13.8 Å². The van der Waals surface area contributed by atoms with Crippen LogP contribution in [0.3, 0.4) is 0 Å². The number of aliphatic hydroxyl groups excluding tert-OH is 1. The smallest absolute Gasteiger partial charge is 0.135 e. The van der Waals surface area contributed by atoms with Gasteiger partial charge in [-0.15, -0.1) is 0 Å². The molecule has 1 unspecified atom stereocenters. The molecule has 0 saturated heterocycles. The van der Waals surface area contributed by atoms with Gasteiger partial charge in [-0.3, -0.25) is 4.79 Å². The minimum atomic E-state index is -0.390. The molecule has 0 spiro atoms. The van der Waals surface area contributed by atoms with E-state index in [9.17, 15) is 4.79 Å². The zero-order valence-corrected chi connectivity index (χ0v) is 7.14. The van der Waals surface area contributed by atoms with E-state index < -0.39 is 0 Å². The Morgan fingerprint density at radius 1 is 1.60 bits per heavy atom. The van der Waals surface area contributed by atoms with Gasteiger partial charge in [0.25, 0.3) is 0 Å². The van der Waals surface area contributed by atoms with Crippen molar-refractivity contribution in [2.24, 2.45) is 5.41 Å². The molecule has 2 heteroatoms. The third kappa shape index (κ3) is 2.97. The predicted octanol–water partition coefficient (Wildman–Crippen LogP) is 1.37. The zero-order valence-electron chi connectivity index (χ0n) is 7.14. The first-order chi connectivity index (χ1) is 4.36. The summed E-state index contributed by atoms with van der Waals surface area (Å²) in [5.74, 6) is 0.133. The lowest BCUT2D eigenvalue weighted by molar-refractivity contribution is -0.126. The normalized spacial score (nSPS) is 14.9. The van der Waals surface area contributed by atoms with E-state index in [-0.39, 0.29) is 17.3 Å². The highest BCUT2D eigenvalue weighted by Gasteiger charge is 2.24. The van der Waals surface area contributed by atoms with Crippen molar-refractivity contribution >= 4 is 5.78 Å². The Balaban J connectivity index is 4.00. The third-order valence-corrected chi connectivity index (χ3v) is 1.76. The summed E-state index contributed by atoms with van der Waals surface area (Å²) in [7, 11) is 0. The lowest BCUT2D eigenvalue weighted by atomic mass is 9.83. The number of rotatable bonds is 3. The summed E-state index contributed by atoms with van der Waals surface area (Å²) < 4.78 is 0. The second-order valence-corrected chi connectivity index (χ2v) is 3.49. The van der Waals surface area contributed by atoms with Gasteiger partial charge in [-0.2, -0.15) is 0 Å². The molecule has 1 N–H and O–H groups in total. The Morgan fingerprint density at radius 2 is 2.00 bits per heavy atom. The monoisotopic (exact) mass is 144 g/mol. The van der Waals surface area contributed by atoms with Crippen LogP contribution in [0, 0.1) is 5.41 Å². The molecule has 2 nitrogen and oxygen atoms in total. The maximum absolute atomic E-state index is 10.9. The number of hydrogen-bond acceptors (Lipinski definition) is 2. The van der Waals surface area contributed by atoms with E-state index in [2.05, 4.69) is 0 Å². The van der Waals surface area contributed by atoms with Crippen LogP contribution in [0.15, 0.2) is 0 Å². The molecule has 1 atom stereocenters. The first-order valence-electron chi connectivity index (χ1n) is 3.55. The van der Waals surface area contributed by atoms with Gasteiger partial charge >= 0.3 is 0 Å². The maximum Gasteiger partial charge on any atom is 0.135 e. The average Bonchev–Trinajstić information content (AvgIpc) is 1.60. The van der Waals surface area contributed by atoms with E-state index in [0.717, 1.165) is 0 Å². The third-order valence-electron chi connectivity index (χ3n) is 1.76. The molecular formula is C8H16O2. The molecule has 0 aromatic carbocycles. The minimum absolute atomic E-state index is 0.133. The van der Waals surface area contributed by atoms with Crippen molar-refractivity contribution in [1.29, 1.82) is 0 Å². The number of hydrogen-bond donors (Lipinski definition) is 1. The molecule has 0 heterocycles. The highest BCUT2D eigenvalue weighted by molar-refractivity contribution is 5.81. The van der Waals surface area contributed by atoms with Gasteiger partial charge < -0.3 is 5.11 Å². The van der Waals surface area contributed by atoms with Crippen LogP contribution >= 0.6 is 0 Å². The van der Waals surface area contributed by atoms with Gasteiger partial charge in [0.05, 0.1) is 6.10 Å². The number of aliphatic hydroxyl groups is 1. The van der Waals surface area contributed by atoms with Crippen molar-refractivity contribution in [3.05, 3.63) is 0 Å². The van der Waals surface area contributed by atoms with Crippen LogP contribution in [-0.2, 0) is 4.79 Å². The van der Waals surface area contributed by atoms with Gasteiger partial charge in [0, 0.05) is 5.41 Å².